The van der Waals surface area contributed by atoms with Crippen LogP contribution in [0.2, 0.25) is 5.02 Å². The maximum absolute atomic E-state index is 13.9. The Morgan fingerprint density at radius 1 is 1.06 bits per heavy atom. The molecule has 1 aromatic carbocycles. The van der Waals surface area contributed by atoms with Crippen LogP contribution in [0.15, 0.2) is 30.6 Å². The first kappa shape index (κ1) is 20.7. The number of halogens is 3. The lowest BCUT2D eigenvalue weighted by Gasteiger charge is -2.59. The highest BCUT2D eigenvalue weighted by Gasteiger charge is 2.60. The number of alkyl halides is 2. The van der Waals surface area contributed by atoms with Crippen LogP contribution in [-0.4, -0.2) is 54.7 Å². The van der Waals surface area contributed by atoms with E-state index in [1.165, 1.54) is 0 Å². The monoisotopic (exact) mass is 483 g/mol. The molecule has 1 saturated heterocycles. The average molecular weight is 484 g/mol. The zero-order chi connectivity index (χ0) is 23.2. The summed E-state index contributed by atoms with van der Waals surface area (Å²) in [5.74, 6) is 0.263. The van der Waals surface area contributed by atoms with Crippen LogP contribution in [-0.2, 0) is 13.1 Å². The SMILES string of the molecule is Cc1cncc(N2CC3(CC(c4nnc5n4-c4ccc(Cl)cc4CN(C4CC4(F)F)C5)C3)C2)n1. The quantitative estimate of drug-likeness (QED) is 0.558. The Kier molecular flexibility index (Phi) is 4.23. The second kappa shape index (κ2) is 6.95. The van der Waals surface area contributed by atoms with Gasteiger partial charge in [0.15, 0.2) is 5.82 Å². The molecule has 3 aromatic rings. The first-order chi connectivity index (χ1) is 16.3. The molecule has 7 rings (SSSR count). The molecule has 1 atom stereocenters. The van der Waals surface area contributed by atoms with E-state index in [0.717, 1.165) is 60.3 Å². The number of anilines is 1. The summed E-state index contributed by atoms with van der Waals surface area (Å²) in [4.78, 5) is 13.0. The number of benzene rings is 1. The Morgan fingerprint density at radius 2 is 1.85 bits per heavy atom. The molecule has 10 heteroatoms. The van der Waals surface area contributed by atoms with Crippen molar-refractivity contribution in [1.29, 1.82) is 0 Å². The third kappa shape index (κ3) is 3.16. The molecular weight excluding hydrogens is 460 g/mol. The molecule has 2 aliphatic heterocycles. The molecule has 34 heavy (non-hydrogen) atoms. The highest BCUT2D eigenvalue weighted by Crippen LogP contribution is 2.57. The lowest BCUT2D eigenvalue weighted by molar-refractivity contribution is 0.0579. The molecule has 3 fully saturated rings. The van der Waals surface area contributed by atoms with Crippen molar-refractivity contribution in [2.75, 3.05) is 18.0 Å². The summed E-state index contributed by atoms with van der Waals surface area (Å²) in [7, 11) is 0. The standard InChI is InChI=1S/C24H24ClF2N7/c1-14-8-28-9-20(29-14)33-12-23(13-33)5-16(6-23)22-31-30-21-11-32(19-7-24(19,26)27)10-15-4-17(25)2-3-18(15)34(21)22/h2-4,8-9,16,19H,5-7,10-13H2,1H3. The summed E-state index contributed by atoms with van der Waals surface area (Å²) in [5, 5.41) is 9.66. The van der Waals surface area contributed by atoms with Crippen molar-refractivity contribution in [1.82, 2.24) is 29.6 Å². The van der Waals surface area contributed by atoms with Gasteiger partial charge >= 0.3 is 0 Å². The van der Waals surface area contributed by atoms with Crippen LogP contribution >= 0.6 is 11.6 Å². The van der Waals surface area contributed by atoms with Gasteiger partial charge in [-0.25, -0.2) is 13.8 Å². The molecule has 7 nitrogen and oxygen atoms in total. The fourth-order valence-electron chi connectivity index (χ4n) is 6.08. The van der Waals surface area contributed by atoms with Crippen LogP contribution in [0.3, 0.4) is 0 Å². The minimum atomic E-state index is -2.63. The molecule has 4 heterocycles. The molecule has 0 N–H and O–H groups in total. The van der Waals surface area contributed by atoms with Crippen molar-refractivity contribution >= 4 is 17.4 Å². The Balaban J connectivity index is 1.15. The Labute approximate surface area is 200 Å². The number of nitrogens with zero attached hydrogens (tertiary/aromatic N) is 7. The molecule has 176 valence electrons. The van der Waals surface area contributed by atoms with Gasteiger partial charge < -0.3 is 4.90 Å². The molecule has 0 radical (unpaired) electrons. The van der Waals surface area contributed by atoms with Crippen molar-refractivity contribution in [3.8, 4) is 5.69 Å². The lowest BCUT2D eigenvalue weighted by Crippen LogP contribution is -2.62. The van der Waals surface area contributed by atoms with Gasteiger partial charge in [-0.3, -0.25) is 14.5 Å². The van der Waals surface area contributed by atoms with Crippen LogP contribution < -0.4 is 4.90 Å². The number of aromatic nitrogens is 5. The van der Waals surface area contributed by atoms with Crippen LogP contribution in [0.5, 0.6) is 0 Å². The van der Waals surface area contributed by atoms with Gasteiger partial charge in [-0.15, -0.1) is 10.2 Å². The van der Waals surface area contributed by atoms with Crippen LogP contribution in [0.1, 0.15) is 48.1 Å². The van der Waals surface area contributed by atoms with Crippen LogP contribution in [0.4, 0.5) is 14.6 Å². The van der Waals surface area contributed by atoms with Gasteiger partial charge in [0.05, 0.1) is 30.2 Å². The summed E-state index contributed by atoms with van der Waals surface area (Å²) in [6.45, 7) is 4.69. The van der Waals surface area contributed by atoms with Crippen LogP contribution in [0.25, 0.3) is 5.69 Å². The summed E-state index contributed by atoms with van der Waals surface area (Å²) >= 11 is 6.29. The molecular formula is C24H24ClF2N7. The molecule has 4 aliphatic rings. The largest absolute Gasteiger partial charge is 0.354 e. The fourth-order valence-corrected chi connectivity index (χ4v) is 6.28. The van der Waals surface area contributed by atoms with E-state index in [1.807, 2.05) is 36.2 Å². The minimum absolute atomic E-state index is 0.100. The third-order valence-electron chi connectivity index (χ3n) is 7.83. The Hall–Kier alpha value is -2.65. The first-order valence-corrected chi connectivity index (χ1v) is 12.1. The van der Waals surface area contributed by atoms with Crippen LogP contribution in [0, 0.1) is 12.3 Å². The van der Waals surface area contributed by atoms with E-state index in [1.54, 1.807) is 6.20 Å². The summed E-state index contributed by atoms with van der Waals surface area (Å²) in [6.07, 6.45) is 5.57. The highest BCUT2D eigenvalue weighted by molar-refractivity contribution is 6.30. The van der Waals surface area contributed by atoms with E-state index in [-0.39, 0.29) is 11.8 Å². The normalized spacial score (nSPS) is 24.7. The van der Waals surface area contributed by atoms with Crippen molar-refractivity contribution in [2.45, 2.75) is 57.2 Å². The summed E-state index contributed by atoms with van der Waals surface area (Å²) in [6, 6.07) is 4.96. The van der Waals surface area contributed by atoms with Crippen molar-refractivity contribution in [3.05, 3.63) is 58.5 Å². The maximum atomic E-state index is 13.9. The van der Waals surface area contributed by atoms with Gasteiger partial charge in [0.2, 0.25) is 0 Å². The minimum Gasteiger partial charge on any atom is -0.354 e. The van der Waals surface area contributed by atoms with E-state index >= 15 is 0 Å². The number of hydrogen-bond donors (Lipinski definition) is 0. The lowest BCUT2D eigenvalue weighted by atomic mass is 9.57. The second-order valence-electron chi connectivity index (χ2n) is 10.4. The predicted octanol–water partition coefficient (Wildman–Crippen LogP) is 4.13. The van der Waals surface area contributed by atoms with E-state index in [0.29, 0.717) is 24.0 Å². The zero-order valence-corrected chi connectivity index (χ0v) is 19.5. The van der Waals surface area contributed by atoms with E-state index < -0.39 is 12.0 Å². The third-order valence-corrected chi connectivity index (χ3v) is 8.07. The van der Waals surface area contributed by atoms with E-state index in [9.17, 15) is 8.78 Å². The Morgan fingerprint density at radius 3 is 2.59 bits per heavy atom. The van der Waals surface area contributed by atoms with Gasteiger partial charge in [-0.2, -0.15) is 0 Å². The number of aryl methyl sites for hydroxylation is 1. The Bertz CT molecular complexity index is 1290. The number of fused-ring (bicyclic) bond motifs is 3. The van der Waals surface area contributed by atoms with E-state index in [4.69, 9.17) is 11.6 Å². The smallest absolute Gasteiger partial charge is 0.265 e. The molecule has 0 bridgehead atoms. The predicted molar refractivity (Wildman–Crippen MR) is 122 cm³/mol. The molecule has 1 unspecified atom stereocenters. The van der Waals surface area contributed by atoms with Gasteiger partial charge in [-0.1, -0.05) is 11.6 Å². The van der Waals surface area contributed by atoms with E-state index in [2.05, 4.69) is 29.6 Å². The van der Waals surface area contributed by atoms with Crippen molar-refractivity contribution in [2.24, 2.45) is 5.41 Å². The highest BCUT2D eigenvalue weighted by atomic mass is 35.5. The fraction of sp³-hybridized carbons (Fsp3) is 0.500. The zero-order valence-electron chi connectivity index (χ0n) is 18.8. The average Bonchev–Trinajstić information content (AvgIpc) is 3.24. The second-order valence-corrected chi connectivity index (χ2v) is 10.9. The van der Waals surface area contributed by atoms with Crippen molar-refractivity contribution in [3.63, 3.8) is 0 Å². The van der Waals surface area contributed by atoms with Gasteiger partial charge in [0, 0.05) is 48.6 Å². The molecule has 0 amide bonds. The summed E-state index contributed by atoms with van der Waals surface area (Å²) < 4.78 is 30.0. The van der Waals surface area contributed by atoms with Gasteiger partial charge in [-0.05, 0) is 43.5 Å². The van der Waals surface area contributed by atoms with Crippen molar-refractivity contribution < 1.29 is 8.78 Å². The summed E-state index contributed by atoms with van der Waals surface area (Å²) in [5.41, 5.74) is 3.10. The number of rotatable bonds is 3. The van der Waals surface area contributed by atoms with Gasteiger partial charge in [0.25, 0.3) is 5.92 Å². The molecule has 1 spiro atoms. The van der Waals surface area contributed by atoms with Gasteiger partial charge in [0.1, 0.15) is 11.6 Å². The molecule has 2 aromatic heterocycles. The molecule has 2 saturated carbocycles. The topological polar surface area (TPSA) is 63.0 Å². The molecule has 2 aliphatic carbocycles. The number of hydrogen-bond acceptors (Lipinski definition) is 6. The maximum Gasteiger partial charge on any atom is 0.265 e. The first-order valence-electron chi connectivity index (χ1n) is 11.7.